The molecule has 1 aliphatic carbocycles. The van der Waals surface area contributed by atoms with Gasteiger partial charge in [-0.2, -0.15) is 0 Å². The maximum Gasteiger partial charge on any atom is 0.0696 e. The van der Waals surface area contributed by atoms with Gasteiger partial charge in [-0.3, -0.25) is 5.32 Å². The predicted molar refractivity (Wildman–Crippen MR) is 50.6 cm³/mol. The third-order valence-electron chi connectivity index (χ3n) is 3.76. The Morgan fingerprint density at radius 3 is 2.83 bits per heavy atom. The Labute approximate surface area is 74.9 Å². The van der Waals surface area contributed by atoms with Gasteiger partial charge < -0.3 is 5.73 Å². The second-order valence-electron chi connectivity index (χ2n) is 4.89. The van der Waals surface area contributed by atoms with E-state index in [1.165, 1.54) is 19.3 Å². The number of fused-ring (bicyclic) bond motifs is 1. The van der Waals surface area contributed by atoms with E-state index in [9.17, 15) is 0 Å². The second kappa shape index (κ2) is 2.71. The monoisotopic (exact) mass is 168 g/mol. The van der Waals surface area contributed by atoms with Crippen molar-refractivity contribution in [2.45, 2.75) is 38.8 Å². The van der Waals surface area contributed by atoms with E-state index in [0.29, 0.717) is 0 Å². The average molecular weight is 168 g/mol. The van der Waals surface area contributed by atoms with Crippen molar-refractivity contribution in [2.24, 2.45) is 23.5 Å². The fraction of sp³-hybridized carbons (Fsp3) is 1.00. The predicted octanol–water partition coefficient (Wildman–Crippen LogP) is 1.32. The number of nitrogens with two attached hydrogens (primary N) is 1. The first-order valence-corrected chi connectivity index (χ1v) is 5.16. The summed E-state index contributed by atoms with van der Waals surface area (Å²) in [7, 11) is 0. The molecule has 0 spiro atoms. The largest absolute Gasteiger partial charge is 0.313 e. The van der Waals surface area contributed by atoms with Gasteiger partial charge in [-0.15, -0.1) is 0 Å². The molecule has 1 aliphatic heterocycles. The maximum atomic E-state index is 6.33. The van der Waals surface area contributed by atoms with E-state index >= 15 is 0 Å². The van der Waals surface area contributed by atoms with Crippen molar-refractivity contribution in [3.8, 4) is 0 Å². The third-order valence-corrected chi connectivity index (χ3v) is 3.76. The SMILES string of the molecule is C[C@@H]1CC[C@H]2[C@H](C)CN[C@]2(N)C1. The van der Waals surface area contributed by atoms with Gasteiger partial charge in [-0.1, -0.05) is 20.3 Å². The number of hydrogen-bond donors (Lipinski definition) is 2. The zero-order chi connectivity index (χ0) is 8.77. The van der Waals surface area contributed by atoms with Crippen LogP contribution in [-0.4, -0.2) is 12.2 Å². The molecule has 70 valence electrons. The molecule has 0 radical (unpaired) electrons. The molecule has 2 heteroatoms. The van der Waals surface area contributed by atoms with Crippen molar-refractivity contribution in [3.05, 3.63) is 0 Å². The first-order valence-electron chi connectivity index (χ1n) is 5.16. The van der Waals surface area contributed by atoms with Gasteiger partial charge in [0.1, 0.15) is 0 Å². The highest BCUT2D eigenvalue weighted by molar-refractivity contribution is 5.01. The van der Waals surface area contributed by atoms with Crippen molar-refractivity contribution >= 4 is 0 Å². The van der Waals surface area contributed by atoms with Crippen LogP contribution < -0.4 is 11.1 Å². The Bertz CT molecular complexity index is 181. The van der Waals surface area contributed by atoms with Crippen LogP contribution in [0, 0.1) is 17.8 Å². The molecular weight excluding hydrogens is 148 g/mol. The summed E-state index contributed by atoms with van der Waals surface area (Å²) >= 11 is 0. The second-order valence-corrected chi connectivity index (χ2v) is 4.89. The molecule has 0 aromatic heterocycles. The molecular formula is C10H20N2. The van der Waals surface area contributed by atoms with E-state index in [4.69, 9.17) is 5.73 Å². The summed E-state index contributed by atoms with van der Waals surface area (Å²) in [6, 6.07) is 0. The Kier molecular flexibility index (Phi) is 1.92. The van der Waals surface area contributed by atoms with Gasteiger partial charge in [0, 0.05) is 0 Å². The van der Waals surface area contributed by atoms with Crippen LogP contribution in [0.1, 0.15) is 33.1 Å². The Balaban J connectivity index is 2.14. The first-order chi connectivity index (χ1) is 5.62. The number of hydrogen-bond acceptors (Lipinski definition) is 2. The molecule has 0 aromatic rings. The van der Waals surface area contributed by atoms with Crippen molar-refractivity contribution < 1.29 is 0 Å². The molecule has 1 heterocycles. The molecule has 0 aromatic carbocycles. The summed E-state index contributed by atoms with van der Waals surface area (Å²) < 4.78 is 0. The Morgan fingerprint density at radius 2 is 2.08 bits per heavy atom. The summed E-state index contributed by atoms with van der Waals surface area (Å²) in [5, 5.41) is 3.49. The van der Waals surface area contributed by atoms with Crippen LogP contribution in [0.25, 0.3) is 0 Å². The summed E-state index contributed by atoms with van der Waals surface area (Å²) in [5.41, 5.74) is 6.32. The van der Waals surface area contributed by atoms with E-state index in [1.807, 2.05) is 0 Å². The molecule has 12 heavy (non-hydrogen) atoms. The van der Waals surface area contributed by atoms with Gasteiger partial charge in [-0.05, 0) is 37.1 Å². The zero-order valence-corrected chi connectivity index (χ0v) is 8.14. The first kappa shape index (κ1) is 8.52. The van der Waals surface area contributed by atoms with Gasteiger partial charge in [0.25, 0.3) is 0 Å². The van der Waals surface area contributed by atoms with Crippen molar-refractivity contribution in [2.75, 3.05) is 6.54 Å². The quantitative estimate of drug-likeness (QED) is 0.572. The summed E-state index contributed by atoms with van der Waals surface area (Å²) in [5.74, 6) is 2.32. The lowest BCUT2D eigenvalue weighted by Crippen LogP contribution is -2.56. The zero-order valence-electron chi connectivity index (χ0n) is 8.14. The van der Waals surface area contributed by atoms with E-state index in [2.05, 4.69) is 19.2 Å². The molecule has 0 unspecified atom stereocenters. The van der Waals surface area contributed by atoms with Crippen LogP contribution in [0.3, 0.4) is 0 Å². The van der Waals surface area contributed by atoms with Crippen LogP contribution in [0.15, 0.2) is 0 Å². The fourth-order valence-corrected chi connectivity index (χ4v) is 3.04. The van der Waals surface area contributed by atoms with Crippen molar-refractivity contribution in [1.29, 1.82) is 0 Å². The van der Waals surface area contributed by atoms with E-state index in [0.717, 1.165) is 24.3 Å². The summed E-state index contributed by atoms with van der Waals surface area (Å²) in [4.78, 5) is 0. The standard InChI is InChI=1S/C10H20N2/c1-7-3-4-9-8(2)6-12-10(9,11)5-7/h7-9,12H,3-6,11H2,1-2H3/t7-,8-,9+,10-/m1/s1. The van der Waals surface area contributed by atoms with Gasteiger partial charge in [-0.25, -0.2) is 0 Å². The molecule has 1 saturated carbocycles. The van der Waals surface area contributed by atoms with E-state index in [1.54, 1.807) is 0 Å². The topological polar surface area (TPSA) is 38.0 Å². The van der Waals surface area contributed by atoms with Crippen LogP contribution in [-0.2, 0) is 0 Å². The van der Waals surface area contributed by atoms with Crippen molar-refractivity contribution in [1.82, 2.24) is 5.32 Å². The molecule has 1 saturated heterocycles. The van der Waals surface area contributed by atoms with Crippen LogP contribution in [0.5, 0.6) is 0 Å². The number of nitrogens with one attached hydrogen (secondary N) is 1. The summed E-state index contributed by atoms with van der Waals surface area (Å²) in [6.45, 7) is 5.76. The van der Waals surface area contributed by atoms with Crippen molar-refractivity contribution in [3.63, 3.8) is 0 Å². The molecule has 2 nitrogen and oxygen atoms in total. The minimum absolute atomic E-state index is 0.0168. The highest BCUT2D eigenvalue weighted by Gasteiger charge is 2.46. The van der Waals surface area contributed by atoms with E-state index < -0.39 is 0 Å². The normalized spacial score (nSPS) is 53.8. The third kappa shape index (κ3) is 1.17. The van der Waals surface area contributed by atoms with Gasteiger partial charge in [0.05, 0.1) is 5.66 Å². The fourth-order valence-electron chi connectivity index (χ4n) is 3.04. The van der Waals surface area contributed by atoms with Gasteiger partial charge >= 0.3 is 0 Å². The molecule has 3 N–H and O–H groups in total. The van der Waals surface area contributed by atoms with Gasteiger partial charge in [0.2, 0.25) is 0 Å². The maximum absolute atomic E-state index is 6.33. The molecule has 2 fully saturated rings. The minimum atomic E-state index is -0.0168. The highest BCUT2D eigenvalue weighted by atomic mass is 15.1. The van der Waals surface area contributed by atoms with Crippen LogP contribution in [0.4, 0.5) is 0 Å². The van der Waals surface area contributed by atoms with E-state index in [-0.39, 0.29) is 5.66 Å². The minimum Gasteiger partial charge on any atom is -0.313 e. The van der Waals surface area contributed by atoms with Gasteiger partial charge in [0.15, 0.2) is 0 Å². The number of rotatable bonds is 0. The smallest absolute Gasteiger partial charge is 0.0696 e. The van der Waals surface area contributed by atoms with Crippen LogP contribution >= 0.6 is 0 Å². The molecule has 0 bridgehead atoms. The Morgan fingerprint density at radius 1 is 1.33 bits per heavy atom. The lowest BCUT2D eigenvalue weighted by molar-refractivity contribution is 0.141. The summed E-state index contributed by atoms with van der Waals surface area (Å²) in [6.07, 6.45) is 3.86. The lowest BCUT2D eigenvalue weighted by atomic mass is 9.72. The Hall–Kier alpha value is -0.0800. The molecule has 2 aliphatic rings. The average Bonchev–Trinajstić information content (AvgIpc) is 2.27. The highest BCUT2D eigenvalue weighted by Crippen LogP contribution is 2.41. The van der Waals surface area contributed by atoms with Crippen LogP contribution in [0.2, 0.25) is 0 Å². The molecule has 2 rings (SSSR count). The molecule has 4 atom stereocenters. The molecule has 0 amide bonds. The lowest BCUT2D eigenvalue weighted by Gasteiger charge is -2.40.